The molecule has 20 heavy (non-hydrogen) atoms. The average molecular weight is 279 g/mol. The molecule has 0 unspecified atom stereocenters. The van der Waals surface area contributed by atoms with Crippen molar-refractivity contribution >= 4 is 12.0 Å². The second-order valence-corrected chi connectivity index (χ2v) is 5.18. The van der Waals surface area contributed by atoms with Gasteiger partial charge in [-0.1, -0.05) is 13.8 Å². The van der Waals surface area contributed by atoms with Crippen molar-refractivity contribution in [1.82, 2.24) is 15.1 Å². The Hall–Kier alpha value is -1.62. The van der Waals surface area contributed by atoms with Gasteiger partial charge in [0.1, 0.15) is 0 Å². The molecule has 1 aromatic rings. The van der Waals surface area contributed by atoms with E-state index in [1.807, 2.05) is 34.7 Å². The predicted octanol–water partition coefficient (Wildman–Crippen LogP) is 1.72. The highest BCUT2D eigenvalue weighted by Gasteiger charge is 2.26. The summed E-state index contributed by atoms with van der Waals surface area (Å²) in [5.41, 5.74) is 2.35. The van der Waals surface area contributed by atoms with Crippen LogP contribution < -0.4 is 5.32 Å². The minimum absolute atomic E-state index is 0.0511. The number of aliphatic hydroxyl groups is 1. The fourth-order valence-corrected chi connectivity index (χ4v) is 2.18. The zero-order chi connectivity index (χ0) is 15.3. The summed E-state index contributed by atoms with van der Waals surface area (Å²) in [4.78, 5) is 12.0. The highest BCUT2D eigenvalue weighted by Crippen LogP contribution is 2.15. The molecule has 0 aromatic carbocycles. The Labute approximate surface area is 120 Å². The van der Waals surface area contributed by atoms with Crippen LogP contribution in [0.3, 0.4) is 0 Å². The van der Waals surface area contributed by atoms with Gasteiger partial charge < -0.3 is 10.4 Å². The van der Waals surface area contributed by atoms with Gasteiger partial charge in [-0.15, -0.1) is 0 Å². The van der Waals surface area contributed by atoms with Crippen molar-refractivity contribution in [3.8, 4) is 0 Å². The van der Waals surface area contributed by atoms with Gasteiger partial charge >= 0.3 is 0 Å². The molecule has 5 nitrogen and oxygen atoms in total. The number of carbonyl (C=O) groups excluding carboxylic acids is 1. The molecule has 2 N–H and O–H groups in total. The van der Waals surface area contributed by atoms with E-state index in [-0.39, 0.29) is 12.5 Å². The highest BCUT2D eigenvalue weighted by molar-refractivity contribution is 5.92. The van der Waals surface area contributed by atoms with Crippen molar-refractivity contribution in [2.45, 2.75) is 46.1 Å². The number of nitrogens with one attached hydrogen (secondary N) is 1. The first-order valence-electron chi connectivity index (χ1n) is 7.00. The first kappa shape index (κ1) is 16.4. The van der Waals surface area contributed by atoms with E-state index in [1.54, 1.807) is 10.8 Å². The Morgan fingerprint density at radius 1 is 1.40 bits per heavy atom. The first-order valence-corrected chi connectivity index (χ1v) is 7.00. The van der Waals surface area contributed by atoms with Crippen LogP contribution in [0, 0.1) is 13.8 Å². The molecule has 0 saturated heterocycles. The monoisotopic (exact) mass is 279 g/mol. The largest absolute Gasteiger partial charge is 0.394 e. The Balaban J connectivity index is 2.83. The summed E-state index contributed by atoms with van der Waals surface area (Å²) in [7, 11) is 1.88. The molecule has 5 heteroatoms. The molecular weight excluding hydrogens is 254 g/mol. The Morgan fingerprint density at radius 2 is 2.00 bits per heavy atom. The molecule has 1 aromatic heterocycles. The fourth-order valence-electron chi connectivity index (χ4n) is 2.18. The van der Waals surface area contributed by atoms with Gasteiger partial charge in [-0.25, -0.2) is 0 Å². The van der Waals surface area contributed by atoms with Crippen molar-refractivity contribution in [1.29, 1.82) is 0 Å². The minimum atomic E-state index is -0.527. The lowest BCUT2D eigenvalue weighted by Crippen LogP contribution is -2.49. The number of hydrogen-bond acceptors (Lipinski definition) is 3. The maximum absolute atomic E-state index is 12.0. The summed E-state index contributed by atoms with van der Waals surface area (Å²) < 4.78 is 1.79. The minimum Gasteiger partial charge on any atom is -0.394 e. The van der Waals surface area contributed by atoms with Crippen molar-refractivity contribution in [2.24, 2.45) is 7.05 Å². The smallest absolute Gasteiger partial charge is 0.244 e. The van der Waals surface area contributed by atoms with Crippen molar-refractivity contribution in [3.05, 3.63) is 23.0 Å². The molecule has 0 atom stereocenters. The molecule has 0 aliphatic carbocycles. The number of rotatable bonds is 6. The van der Waals surface area contributed by atoms with Crippen LogP contribution in [0.2, 0.25) is 0 Å². The van der Waals surface area contributed by atoms with Gasteiger partial charge in [-0.3, -0.25) is 9.48 Å². The summed E-state index contributed by atoms with van der Waals surface area (Å²) in [5, 5.41) is 16.6. The lowest BCUT2D eigenvalue weighted by molar-refractivity contribution is -0.119. The molecule has 0 aliphatic rings. The van der Waals surface area contributed by atoms with Gasteiger partial charge in [0.15, 0.2) is 0 Å². The number of nitrogens with zero attached hydrogens (tertiary/aromatic N) is 2. The van der Waals surface area contributed by atoms with Crippen LogP contribution in [0.5, 0.6) is 0 Å². The van der Waals surface area contributed by atoms with Gasteiger partial charge in [0.25, 0.3) is 0 Å². The van der Waals surface area contributed by atoms with Crippen LogP contribution in [0.15, 0.2) is 6.08 Å². The molecule has 0 saturated carbocycles. The number of aryl methyl sites for hydroxylation is 2. The SMILES string of the molecule is CCC(CC)(CO)NC(=O)C=Cc1c(C)nn(C)c1C. The molecule has 0 fully saturated rings. The first-order chi connectivity index (χ1) is 9.39. The van der Waals surface area contributed by atoms with E-state index < -0.39 is 5.54 Å². The third kappa shape index (κ3) is 3.48. The molecule has 0 spiro atoms. The van der Waals surface area contributed by atoms with Gasteiger partial charge in [-0.2, -0.15) is 5.10 Å². The van der Waals surface area contributed by atoms with Crippen molar-refractivity contribution < 1.29 is 9.90 Å². The van der Waals surface area contributed by atoms with Gasteiger partial charge in [0.05, 0.1) is 17.8 Å². The summed E-state index contributed by atoms with van der Waals surface area (Å²) in [6, 6.07) is 0. The standard InChI is InChI=1S/C15H25N3O2/c1-6-15(7-2,10-19)16-14(20)9-8-13-11(3)17-18(5)12(13)4/h8-9,19H,6-7,10H2,1-5H3,(H,16,20). The van der Waals surface area contributed by atoms with E-state index in [9.17, 15) is 9.90 Å². The summed E-state index contributed by atoms with van der Waals surface area (Å²) in [5.74, 6) is -0.189. The zero-order valence-electron chi connectivity index (χ0n) is 13.0. The molecule has 112 valence electrons. The molecule has 1 heterocycles. The third-order valence-electron chi connectivity index (χ3n) is 4.01. The number of aromatic nitrogens is 2. The van der Waals surface area contributed by atoms with Gasteiger partial charge in [-0.05, 0) is 32.8 Å². The van der Waals surface area contributed by atoms with Crippen LogP contribution in [-0.4, -0.2) is 32.9 Å². The van der Waals surface area contributed by atoms with E-state index in [1.165, 1.54) is 6.08 Å². The molecule has 1 amide bonds. The summed E-state index contributed by atoms with van der Waals surface area (Å²) in [6.45, 7) is 7.75. The van der Waals surface area contributed by atoms with E-state index in [2.05, 4.69) is 10.4 Å². The second-order valence-electron chi connectivity index (χ2n) is 5.18. The highest BCUT2D eigenvalue weighted by atomic mass is 16.3. The maximum Gasteiger partial charge on any atom is 0.244 e. The van der Waals surface area contributed by atoms with Crippen LogP contribution in [0.25, 0.3) is 6.08 Å². The number of carbonyl (C=O) groups is 1. The van der Waals surface area contributed by atoms with Crippen LogP contribution in [0.4, 0.5) is 0 Å². The van der Waals surface area contributed by atoms with Crippen LogP contribution >= 0.6 is 0 Å². The Kier molecular flexibility index (Phi) is 5.51. The number of hydrogen-bond donors (Lipinski definition) is 2. The number of amides is 1. The molecule has 0 aliphatic heterocycles. The molecular formula is C15H25N3O2. The van der Waals surface area contributed by atoms with E-state index in [0.717, 1.165) is 17.0 Å². The molecule has 0 bridgehead atoms. The normalized spacial score (nSPS) is 12.1. The average Bonchev–Trinajstić information content (AvgIpc) is 2.68. The summed E-state index contributed by atoms with van der Waals surface area (Å²) in [6.07, 6.45) is 4.68. The Bertz CT molecular complexity index is 491. The lowest BCUT2D eigenvalue weighted by atomic mass is 9.94. The van der Waals surface area contributed by atoms with Crippen molar-refractivity contribution in [3.63, 3.8) is 0 Å². The van der Waals surface area contributed by atoms with Crippen LogP contribution in [0.1, 0.15) is 43.6 Å². The Morgan fingerprint density at radius 3 is 2.40 bits per heavy atom. The fraction of sp³-hybridized carbons (Fsp3) is 0.600. The van der Waals surface area contributed by atoms with E-state index in [4.69, 9.17) is 0 Å². The van der Waals surface area contributed by atoms with Crippen molar-refractivity contribution in [2.75, 3.05) is 6.61 Å². The quantitative estimate of drug-likeness (QED) is 0.779. The second kappa shape index (κ2) is 6.70. The number of aliphatic hydroxyl groups excluding tert-OH is 1. The molecule has 1 rings (SSSR count). The maximum atomic E-state index is 12.0. The van der Waals surface area contributed by atoms with E-state index in [0.29, 0.717) is 12.8 Å². The predicted molar refractivity (Wildman–Crippen MR) is 80.3 cm³/mol. The molecule has 0 radical (unpaired) electrons. The topological polar surface area (TPSA) is 67.2 Å². The zero-order valence-corrected chi connectivity index (χ0v) is 13.0. The van der Waals surface area contributed by atoms with Gasteiger partial charge in [0, 0.05) is 24.4 Å². The van der Waals surface area contributed by atoms with E-state index >= 15 is 0 Å². The third-order valence-corrected chi connectivity index (χ3v) is 4.01. The lowest BCUT2D eigenvalue weighted by Gasteiger charge is -2.30. The van der Waals surface area contributed by atoms with Gasteiger partial charge in [0.2, 0.25) is 5.91 Å². The van der Waals surface area contributed by atoms with Crippen LogP contribution in [-0.2, 0) is 11.8 Å². The summed E-state index contributed by atoms with van der Waals surface area (Å²) >= 11 is 0.